The summed E-state index contributed by atoms with van der Waals surface area (Å²) in [4.78, 5) is 3.11. The van der Waals surface area contributed by atoms with E-state index in [0.29, 0.717) is 11.9 Å². The van der Waals surface area contributed by atoms with Gasteiger partial charge in [0.1, 0.15) is 5.82 Å². The molecule has 0 aliphatic rings. The zero-order valence-electron chi connectivity index (χ0n) is 11.5. The maximum Gasteiger partial charge on any atom is 0.147 e. The number of aromatic nitrogens is 1. The lowest BCUT2D eigenvalue weighted by Gasteiger charge is -2.10. The predicted octanol–water partition coefficient (Wildman–Crippen LogP) is 3.18. The van der Waals surface area contributed by atoms with E-state index in [1.54, 1.807) is 13.0 Å². The standard InChI is InChI=1S/C13H16FNO.C2H6O/c1-2-9(6-7-16)12-8-10-4-3-5-11(14)13(10)15-12;1-2-3/h3-5,8-9,15-16H,2,6-7H2,1H3;3H,2H2,1H3. The molecule has 0 saturated carbocycles. The minimum Gasteiger partial charge on any atom is -0.397 e. The molecule has 2 aromatic rings. The maximum absolute atomic E-state index is 13.5. The highest BCUT2D eigenvalue weighted by Gasteiger charge is 2.12. The molecule has 106 valence electrons. The molecule has 3 N–H and O–H groups in total. The summed E-state index contributed by atoms with van der Waals surface area (Å²) in [7, 11) is 0. The van der Waals surface area contributed by atoms with Gasteiger partial charge in [0, 0.05) is 30.2 Å². The quantitative estimate of drug-likeness (QED) is 0.797. The van der Waals surface area contributed by atoms with E-state index in [-0.39, 0.29) is 24.9 Å². The summed E-state index contributed by atoms with van der Waals surface area (Å²) < 4.78 is 13.5. The van der Waals surface area contributed by atoms with Crippen LogP contribution < -0.4 is 0 Å². The molecule has 1 heterocycles. The van der Waals surface area contributed by atoms with E-state index in [2.05, 4.69) is 11.9 Å². The van der Waals surface area contributed by atoms with Crippen molar-refractivity contribution in [3.05, 3.63) is 35.8 Å². The first-order chi connectivity index (χ1) is 9.17. The van der Waals surface area contributed by atoms with E-state index in [1.807, 2.05) is 12.1 Å². The summed E-state index contributed by atoms with van der Waals surface area (Å²) >= 11 is 0. The summed E-state index contributed by atoms with van der Waals surface area (Å²) in [6.45, 7) is 4.17. The van der Waals surface area contributed by atoms with Crippen molar-refractivity contribution < 1.29 is 14.6 Å². The number of rotatable bonds is 4. The van der Waals surface area contributed by atoms with Crippen molar-refractivity contribution in [2.45, 2.75) is 32.6 Å². The first-order valence-corrected chi connectivity index (χ1v) is 6.66. The molecule has 1 aromatic heterocycles. The van der Waals surface area contributed by atoms with Crippen LogP contribution in [0.5, 0.6) is 0 Å². The minimum atomic E-state index is -0.220. The van der Waals surface area contributed by atoms with Crippen LogP contribution in [0, 0.1) is 5.82 Å². The summed E-state index contributed by atoms with van der Waals surface area (Å²) in [5.74, 6) is 0.0550. The number of halogens is 1. The Balaban J connectivity index is 0.000000550. The molecule has 0 bridgehead atoms. The lowest BCUT2D eigenvalue weighted by molar-refractivity contribution is 0.273. The van der Waals surface area contributed by atoms with Crippen molar-refractivity contribution in [3.63, 3.8) is 0 Å². The first kappa shape index (κ1) is 15.7. The van der Waals surface area contributed by atoms with Crippen molar-refractivity contribution >= 4 is 10.9 Å². The molecule has 0 aliphatic heterocycles. The number of hydrogen-bond donors (Lipinski definition) is 3. The van der Waals surface area contributed by atoms with Gasteiger partial charge in [0.2, 0.25) is 0 Å². The van der Waals surface area contributed by atoms with Gasteiger partial charge in [0.25, 0.3) is 0 Å². The Morgan fingerprint density at radius 1 is 1.26 bits per heavy atom. The van der Waals surface area contributed by atoms with Crippen molar-refractivity contribution in [3.8, 4) is 0 Å². The Kier molecular flexibility index (Phi) is 6.53. The SMILES string of the molecule is CCC(CCO)c1cc2cccc(F)c2[nH]1.CCO. The van der Waals surface area contributed by atoms with Crippen LogP contribution in [0.4, 0.5) is 4.39 Å². The van der Waals surface area contributed by atoms with Gasteiger partial charge in [-0.25, -0.2) is 4.39 Å². The molecule has 19 heavy (non-hydrogen) atoms. The lowest BCUT2D eigenvalue weighted by Crippen LogP contribution is -2.00. The molecule has 0 spiro atoms. The second-order valence-corrected chi connectivity index (χ2v) is 4.36. The number of H-pyrrole nitrogens is 1. The molecule has 0 saturated heterocycles. The molecule has 0 fully saturated rings. The van der Waals surface area contributed by atoms with E-state index < -0.39 is 0 Å². The normalized spacial score (nSPS) is 12.1. The Morgan fingerprint density at radius 3 is 2.47 bits per heavy atom. The van der Waals surface area contributed by atoms with Gasteiger partial charge in [-0.05, 0) is 31.9 Å². The van der Waals surface area contributed by atoms with Crippen LogP contribution in [0.25, 0.3) is 10.9 Å². The van der Waals surface area contributed by atoms with Crippen LogP contribution in [-0.2, 0) is 0 Å². The number of fused-ring (bicyclic) bond motifs is 1. The molecule has 2 rings (SSSR count). The number of aromatic amines is 1. The van der Waals surface area contributed by atoms with Crippen molar-refractivity contribution in [2.75, 3.05) is 13.2 Å². The molecule has 0 aliphatic carbocycles. The zero-order valence-corrected chi connectivity index (χ0v) is 11.5. The van der Waals surface area contributed by atoms with Gasteiger partial charge in [-0.2, -0.15) is 0 Å². The molecule has 4 heteroatoms. The fourth-order valence-corrected chi connectivity index (χ4v) is 2.10. The van der Waals surface area contributed by atoms with E-state index in [0.717, 1.165) is 17.5 Å². The number of nitrogens with one attached hydrogen (secondary N) is 1. The molecular formula is C15H22FNO2. The second kappa shape index (κ2) is 7.92. The van der Waals surface area contributed by atoms with Gasteiger partial charge < -0.3 is 15.2 Å². The molecule has 1 aromatic carbocycles. The van der Waals surface area contributed by atoms with Gasteiger partial charge in [0.15, 0.2) is 0 Å². The minimum absolute atomic E-state index is 0.163. The topological polar surface area (TPSA) is 56.2 Å². The second-order valence-electron chi connectivity index (χ2n) is 4.36. The summed E-state index contributed by atoms with van der Waals surface area (Å²) in [6.07, 6.45) is 1.65. The van der Waals surface area contributed by atoms with Crippen molar-refractivity contribution in [1.29, 1.82) is 0 Å². The van der Waals surface area contributed by atoms with Crippen LogP contribution in [0.15, 0.2) is 24.3 Å². The van der Waals surface area contributed by atoms with Crippen molar-refractivity contribution in [2.24, 2.45) is 0 Å². The van der Waals surface area contributed by atoms with Crippen LogP contribution in [0.2, 0.25) is 0 Å². The average molecular weight is 267 g/mol. The Hall–Kier alpha value is -1.39. The Labute approximate surface area is 113 Å². The monoisotopic (exact) mass is 267 g/mol. The first-order valence-electron chi connectivity index (χ1n) is 6.66. The van der Waals surface area contributed by atoms with Crippen LogP contribution in [0.3, 0.4) is 0 Å². The van der Waals surface area contributed by atoms with Crippen LogP contribution in [-0.4, -0.2) is 28.4 Å². The summed E-state index contributed by atoms with van der Waals surface area (Å²) in [5.41, 5.74) is 1.57. The highest BCUT2D eigenvalue weighted by atomic mass is 19.1. The van der Waals surface area contributed by atoms with Crippen LogP contribution >= 0.6 is 0 Å². The Bertz CT molecular complexity index is 496. The fourth-order valence-electron chi connectivity index (χ4n) is 2.10. The third-order valence-electron chi connectivity index (χ3n) is 3.04. The van der Waals surface area contributed by atoms with E-state index in [4.69, 9.17) is 10.2 Å². The van der Waals surface area contributed by atoms with Crippen molar-refractivity contribution in [1.82, 2.24) is 4.98 Å². The lowest BCUT2D eigenvalue weighted by atomic mass is 9.99. The van der Waals surface area contributed by atoms with E-state index in [9.17, 15) is 4.39 Å². The van der Waals surface area contributed by atoms with E-state index in [1.165, 1.54) is 6.07 Å². The molecule has 0 amide bonds. The third kappa shape index (κ3) is 4.04. The number of benzene rings is 1. The molecule has 3 nitrogen and oxygen atoms in total. The van der Waals surface area contributed by atoms with Gasteiger partial charge >= 0.3 is 0 Å². The molecule has 1 unspecified atom stereocenters. The third-order valence-corrected chi connectivity index (χ3v) is 3.04. The highest BCUT2D eigenvalue weighted by molar-refractivity contribution is 5.81. The summed E-state index contributed by atoms with van der Waals surface area (Å²) in [6, 6.07) is 7.03. The molecular weight excluding hydrogens is 245 g/mol. The average Bonchev–Trinajstić information content (AvgIpc) is 2.82. The van der Waals surface area contributed by atoms with Crippen LogP contribution in [0.1, 0.15) is 38.3 Å². The number of para-hydroxylation sites is 1. The van der Waals surface area contributed by atoms with Gasteiger partial charge in [0.05, 0.1) is 5.52 Å². The highest BCUT2D eigenvalue weighted by Crippen LogP contribution is 2.27. The predicted molar refractivity (Wildman–Crippen MR) is 75.8 cm³/mol. The smallest absolute Gasteiger partial charge is 0.147 e. The zero-order chi connectivity index (χ0) is 14.3. The number of hydrogen-bond acceptors (Lipinski definition) is 2. The van der Waals surface area contributed by atoms with Gasteiger partial charge in [-0.15, -0.1) is 0 Å². The maximum atomic E-state index is 13.5. The number of aliphatic hydroxyl groups is 2. The Morgan fingerprint density at radius 2 is 1.95 bits per heavy atom. The van der Waals surface area contributed by atoms with Gasteiger partial charge in [-0.3, -0.25) is 0 Å². The van der Waals surface area contributed by atoms with Gasteiger partial charge in [-0.1, -0.05) is 19.1 Å². The molecule has 1 atom stereocenters. The molecule has 0 radical (unpaired) electrons. The number of aliphatic hydroxyl groups excluding tert-OH is 2. The van der Waals surface area contributed by atoms with E-state index >= 15 is 0 Å². The fraction of sp³-hybridized carbons (Fsp3) is 0.467. The largest absolute Gasteiger partial charge is 0.397 e. The summed E-state index contributed by atoms with van der Waals surface area (Å²) in [5, 5.41) is 17.4.